The van der Waals surface area contributed by atoms with Crippen molar-refractivity contribution in [1.29, 1.82) is 0 Å². The van der Waals surface area contributed by atoms with Gasteiger partial charge in [0.2, 0.25) is 0 Å². The average molecular weight is 455 g/mol. The van der Waals surface area contributed by atoms with Crippen LogP contribution in [0.2, 0.25) is 0 Å². The first kappa shape index (κ1) is 25.0. The first-order valence-corrected chi connectivity index (χ1v) is 13.4. The Morgan fingerprint density at radius 2 is 1.36 bits per heavy atom. The summed E-state index contributed by atoms with van der Waals surface area (Å²) in [6.45, 7) is 10.6. The fourth-order valence-electron chi connectivity index (χ4n) is 4.57. The Labute approximate surface area is 204 Å². The zero-order valence-electron chi connectivity index (χ0n) is 20.9. The van der Waals surface area contributed by atoms with E-state index in [2.05, 4.69) is 99.7 Å². The normalized spacial score (nSPS) is 11.5. The molecule has 0 amide bonds. The van der Waals surface area contributed by atoms with Crippen molar-refractivity contribution >= 4 is 32.9 Å². The van der Waals surface area contributed by atoms with Crippen LogP contribution in [0, 0.1) is 0 Å². The molecule has 0 aliphatic heterocycles. The maximum absolute atomic E-state index is 2.46. The quantitative estimate of drug-likeness (QED) is 0.183. The van der Waals surface area contributed by atoms with Gasteiger partial charge in [-0.15, -0.1) is 11.3 Å². The van der Waals surface area contributed by atoms with Crippen LogP contribution in [0.3, 0.4) is 0 Å². The number of fused-ring (bicyclic) bond motifs is 2. The van der Waals surface area contributed by atoms with Crippen molar-refractivity contribution in [2.45, 2.75) is 66.7 Å². The molecule has 0 atom stereocenters. The number of aryl methyl sites for hydroxylation is 2. The van der Waals surface area contributed by atoms with E-state index in [0.717, 1.165) is 25.7 Å². The number of benzene rings is 3. The first-order chi connectivity index (χ1) is 16.3. The number of allylic oxidation sites excluding steroid dienone is 4. The highest BCUT2D eigenvalue weighted by Crippen LogP contribution is 2.38. The average Bonchev–Trinajstić information content (AvgIpc) is 3.34. The van der Waals surface area contributed by atoms with Crippen LogP contribution in [0.1, 0.15) is 63.5 Å². The van der Waals surface area contributed by atoms with Gasteiger partial charge in [-0.2, -0.15) is 0 Å². The molecule has 0 saturated heterocycles. The van der Waals surface area contributed by atoms with Crippen LogP contribution in [0.5, 0.6) is 0 Å². The fourth-order valence-corrected chi connectivity index (χ4v) is 5.54. The molecule has 0 nitrogen and oxygen atoms in total. The summed E-state index contributed by atoms with van der Waals surface area (Å²) in [5.74, 6) is 0. The van der Waals surface area contributed by atoms with Gasteiger partial charge in [0.25, 0.3) is 0 Å². The van der Waals surface area contributed by atoms with E-state index in [0.29, 0.717) is 0 Å². The van der Waals surface area contributed by atoms with Crippen molar-refractivity contribution in [3.05, 3.63) is 94.9 Å². The molecule has 0 spiro atoms. The molecule has 0 fully saturated rings. The Kier molecular flexibility index (Phi) is 9.51. The highest BCUT2D eigenvalue weighted by molar-refractivity contribution is 7.15. The molecule has 0 radical (unpaired) electrons. The summed E-state index contributed by atoms with van der Waals surface area (Å²) in [5.41, 5.74) is 4.37. The van der Waals surface area contributed by atoms with Crippen molar-refractivity contribution in [2.24, 2.45) is 0 Å². The van der Waals surface area contributed by atoms with E-state index in [4.69, 9.17) is 0 Å². The van der Waals surface area contributed by atoms with Crippen LogP contribution in [0.15, 0.2) is 78.9 Å². The van der Waals surface area contributed by atoms with E-state index in [1.165, 1.54) is 54.4 Å². The minimum Gasteiger partial charge on any atom is -0.140 e. The van der Waals surface area contributed by atoms with Crippen LogP contribution in [0.25, 0.3) is 32.0 Å². The van der Waals surface area contributed by atoms with Crippen molar-refractivity contribution < 1.29 is 0 Å². The Bertz CT molecular complexity index is 1240. The van der Waals surface area contributed by atoms with E-state index in [9.17, 15) is 0 Å². The van der Waals surface area contributed by atoms with E-state index in [1.54, 1.807) is 0 Å². The lowest BCUT2D eigenvalue weighted by Crippen LogP contribution is -1.96. The molecule has 0 aliphatic rings. The summed E-state index contributed by atoms with van der Waals surface area (Å²) >= 11 is 1.91. The van der Waals surface area contributed by atoms with Gasteiger partial charge < -0.3 is 0 Å². The molecule has 172 valence electrons. The lowest BCUT2D eigenvalue weighted by atomic mass is 9.87. The third kappa shape index (κ3) is 5.65. The van der Waals surface area contributed by atoms with E-state index in [1.807, 2.05) is 25.2 Å². The first-order valence-electron chi connectivity index (χ1n) is 12.6. The summed E-state index contributed by atoms with van der Waals surface area (Å²) in [5, 5.41) is 5.78. The van der Waals surface area contributed by atoms with E-state index in [-0.39, 0.29) is 0 Å². The molecular formula is C32H38S. The molecule has 0 bridgehead atoms. The van der Waals surface area contributed by atoms with Crippen LogP contribution in [0.4, 0.5) is 0 Å². The van der Waals surface area contributed by atoms with Gasteiger partial charge in [-0.05, 0) is 76.2 Å². The second kappa shape index (κ2) is 12.6. The van der Waals surface area contributed by atoms with Crippen LogP contribution >= 0.6 is 11.3 Å². The molecule has 0 unspecified atom stereocenters. The standard InChI is InChI=1S/C30H32S.C2H6/c1-4-7-8-9-14-23-18-20-30(31-23)22-17-19-28-24(12-5-2)26-15-10-11-16-27(26)25(13-6-3)29(28)21-22;1-2/h4,7-11,15-21H,5-6,12-14H2,1-3H3;1-2H3/b7-4-,9-8-;. The van der Waals surface area contributed by atoms with Gasteiger partial charge in [-0.1, -0.05) is 101 Å². The molecule has 3 aromatic carbocycles. The van der Waals surface area contributed by atoms with Crippen LogP contribution in [-0.2, 0) is 19.3 Å². The number of hydrogen-bond donors (Lipinski definition) is 0. The fraction of sp³-hybridized carbons (Fsp3) is 0.312. The Hall–Kier alpha value is -2.64. The van der Waals surface area contributed by atoms with E-state index < -0.39 is 0 Å². The molecule has 1 heteroatoms. The topological polar surface area (TPSA) is 0 Å². The van der Waals surface area contributed by atoms with Crippen molar-refractivity contribution in [3.8, 4) is 10.4 Å². The highest BCUT2D eigenvalue weighted by atomic mass is 32.1. The van der Waals surface area contributed by atoms with Gasteiger partial charge in [-0.3, -0.25) is 0 Å². The maximum atomic E-state index is 2.46. The molecular weight excluding hydrogens is 416 g/mol. The Balaban J connectivity index is 0.00000149. The Morgan fingerprint density at radius 1 is 0.727 bits per heavy atom. The van der Waals surface area contributed by atoms with Gasteiger partial charge in [0.15, 0.2) is 0 Å². The summed E-state index contributed by atoms with van der Waals surface area (Å²) in [6.07, 6.45) is 14.1. The van der Waals surface area contributed by atoms with Crippen molar-refractivity contribution in [1.82, 2.24) is 0 Å². The molecule has 4 aromatic rings. The van der Waals surface area contributed by atoms with Crippen LogP contribution < -0.4 is 0 Å². The predicted octanol–water partition coefficient (Wildman–Crippen LogP) is 10.3. The Morgan fingerprint density at radius 3 is 2.00 bits per heavy atom. The minimum atomic E-state index is 0.995. The second-order valence-corrected chi connectivity index (χ2v) is 9.36. The van der Waals surface area contributed by atoms with Gasteiger partial charge in [0, 0.05) is 16.2 Å². The third-order valence-electron chi connectivity index (χ3n) is 5.95. The lowest BCUT2D eigenvalue weighted by Gasteiger charge is -2.17. The monoisotopic (exact) mass is 454 g/mol. The molecule has 0 saturated carbocycles. The third-order valence-corrected chi connectivity index (χ3v) is 7.11. The maximum Gasteiger partial charge on any atom is 0.0345 e. The largest absolute Gasteiger partial charge is 0.140 e. The zero-order chi connectivity index (χ0) is 23.6. The summed E-state index contributed by atoms with van der Waals surface area (Å²) < 4.78 is 0. The lowest BCUT2D eigenvalue weighted by molar-refractivity contribution is 0.927. The highest BCUT2D eigenvalue weighted by Gasteiger charge is 2.14. The molecule has 1 aromatic heterocycles. The zero-order valence-corrected chi connectivity index (χ0v) is 21.8. The molecule has 0 aliphatic carbocycles. The number of hydrogen-bond acceptors (Lipinski definition) is 1. The number of thiophene rings is 1. The molecule has 33 heavy (non-hydrogen) atoms. The van der Waals surface area contributed by atoms with Gasteiger partial charge in [0.05, 0.1) is 0 Å². The number of rotatable bonds is 8. The van der Waals surface area contributed by atoms with E-state index >= 15 is 0 Å². The summed E-state index contributed by atoms with van der Waals surface area (Å²) in [6, 6.07) is 20.8. The summed E-state index contributed by atoms with van der Waals surface area (Å²) in [4.78, 5) is 2.78. The molecule has 4 rings (SSSR count). The predicted molar refractivity (Wildman–Crippen MR) is 152 cm³/mol. The minimum absolute atomic E-state index is 0.995. The molecule has 0 N–H and O–H groups in total. The molecule has 1 heterocycles. The summed E-state index contributed by atoms with van der Waals surface area (Å²) in [7, 11) is 0. The van der Waals surface area contributed by atoms with Crippen LogP contribution in [-0.4, -0.2) is 0 Å². The van der Waals surface area contributed by atoms with Gasteiger partial charge >= 0.3 is 0 Å². The van der Waals surface area contributed by atoms with Crippen molar-refractivity contribution in [2.75, 3.05) is 0 Å². The SMILES string of the molecule is C/C=C\C=C/Cc1ccc(-c2ccc3c(CCC)c4ccccc4c(CCC)c3c2)s1.CC. The van der Waals surface area contributed by atoms with Crippen molar-refractivity contribution in [3.63, 3.8) is 0 Å². The smallest absolute Gasteiger partial charge is 0.0345 e. The van der Waals surface area contributed by atoms with Gasteiger partial charge in [-0.25, -0.2) is 0 Å². The van der Waals surface area contributed by atoms with Gasteiger partial charge in [0.1, 0.15) is 0 Å². The second-order valence-electron chi connectivity index (χ2n) is 8.19.